The lowest BCUT2D eigenvalue weighted by molar-refractivity contribution is -0.117. The summed E-state index contributed by atoms with van der Waals surface area (Å²) in [5.41, 5.74) is 0.165. The van der Waals surface area contributed by atoms with Crippen molar-refractivity contribution >= 4 is 22.7 Å². The number of nitrogens with zero attached hydrogens (tertiary/aromatic N) is 2. The van der Waals surface area contributed by atoms with Gasteiger partial charge in [-0.25, -0.2) is 23.5 Å². The Morgan fingerprint density at radius 3 is 2.67 bits per heavy atom. The fourth-order valence-electron chi connectivity index (χ4n) is 1.61. The number of anilines is 1. The quantitative estimate of drug-likeness (QED) is 0.831. The van der Waals surface area contributed by atoms with Crippen LogP contribution in [0.5, 0.6) is 0 Å². The first-order chi connectivity index (χ1) is 9.81. The van der Waals surface area contributed by atoms with E-state index in [1.54, 1.807) is 0 Å². The molecule has 2 aromatic rings. The number of rotatable bonds is 5. The molecule has 21 heavy (non-hydrogen) atoms. The third-order valence-corrected chi connectivity index (χ3v) is 2.69. The van der Waals surface area contributed by atoms with Gasteiger partial charge in [-0.2, -0.15) is 8.78 Å². The first-order valence-corrected chi connectivity index (χ1v) is 5.69. The zero-order chi connectivity index (χ0) is 15.6. The highest BCUT2D eigenvalue weighted by Gasteiger charge is 2.40. The van der Waals surface area contributed by atoms with E-state index in [9.17, 15) is 22.4 Å². The highest BCUT2D eigenvalue weighted by molar-refractivity contribution is 5.96. The van der Waals surface area contributed by atoms with E-state index in [1.165, 1.54) is 18.2 Å². The predicted octanol–water partition coefficient (Wildman–Crippen LogP) is 2.64. The second kappa shape index (κ2) is 5.51. The maximum atomic E-state index is 12.9. The molecule has 0 bridgehead atoms. The summed E-state index contributed by atoms with van der Waals surface area (Å²) in [5, 5.41) is 11.2. The minimum Gasteiger partial charge on any atom is -0.478 e. The smallest absolute Gasteiger partial charge is 0.335 e. The van der Waals surface area contributed by atoms with Crippen molar-refractivity contribution in [2.75, 3.05) is 11.9 Å². The number of hydrogen-bond donors (Lipinski definition) is 2. The van der Waals surface area contributed by atoms with Crippen molar-refractivity contribution in [3.8, 4) is 0 Å². The molecule has 0 aliphatic carbocycles. The Bertz CT molecular complexity index is 679. The number of nitrogens with one attached hydrogen (secondary N) is 1. The Labute approximate surface area is 115 Å². The van der Waals surface area contributed by atoms with Crippen LogP contribution in [0.4, 0.5) is 23.4 Å². The minimum atomic E-state index is -4.20. The lowest BCUT2D eigenvalue weighted by Gasteiger charge is -2.16. The summed E-state index contributed by atoms with van der Waals surface area (Å²) in [6.45, 7) is -1.29. The molecule has 0 unspecified atom stereocenters. The van der Waals surface area contributed by atoms with Crippen LogP contribution in [0.2, 0.25) is 0 Å². The third kappa shape index (κ3) is 3.18. The average Bonchev–Trinajstić information content (AvgIpc) is 2.44. The molecule has 2 rings (SSSR count). The molecular formula is C12H9F4N3O2. The number of alkyl halides is 4. The number of benzene rings is 1. The van der Waals surface area contributed by atoms with Gasteiger partial charge in [-0.1, -0.05) is 0 Å². The molecule has 0 atom stereocenters. The summed E-state index contributed by atoms with van der Waals surface area (Å²) < 4.78 is 49.9. The molecule has 1 heterocycles. The third-order valence-electron chi connectivity index (χ3n) is 2.69. The number of carboxylic acid groups (broad SMARTS) is 1. The molecule has 0 aliphatic rings. The van der Waals surface area contributed by atoms with Gasteiger partial charge < -0.3 is 10.4 Å². The summed E-state index contributed by atoms with van der Waals surface area (Å²) in [7, 11) is 0. The Morgan fingerprint density at radius 2 is 2.05 bits per heavy atom. The highest BCUT2D eigenvalue weighted by atomic mass is 19.3. The van der Waals surface area contributed by atoms with Gasteiger partial charge in [0.15, 0.2) is 0 Å². The van der Waals surface area contributed by atoms with Gasteiger partial charge in [0.2, 0.25) is 0 Å². The highest BCUT2D eigenvalue weighted by Crippen LogP contribution is 2.25. The molecule has 2 N–H and O–H groups in total. The van der Waals surface area contributed by atoms with Gasteiger partial charge in [-0.3, -0.25) is 0 Å². The lowest BCUT2D eigenvalue weighted by Crippen LogP contribution is -2.35. The van der Waals surface area contributed by atoms with E-state index in [1.807, 2.05) is 0 Å². The molecule has 1 aromatic heterocycles. The van der Waals surface area contributed by atoms with E-state index in [2.05, 4.69) is 15.3 Å². The van der Waals surface area contributed by atoms with Crippen LogP contribution >= 0.6 is 0 Å². The number of hydrogen-bond acceptors (Lipinski definition) is 4. The van der Waals surface area contributed by atoms with Crippen LogP contribution in [0.25, 0.3) is 10.9 Å². The Balaban J connectivity index is 2.31. The van der Waals surface area contributed by atoms with Crippen molar-refractivity contribution < 1.29 is 27.5 Å². The maximum Gasteiger partial charge on any atom is 0.335 e. The fraction of sp³-hybridized carbons (Fsp3) is 0.250. The molecule has 1 aromatic carbocycles. The molecule has 112 valence electrons. The molecule has 0 aliphatic heterocycles. The van der Waals surface area contributed by atoms with Crippen LogP contribution in [0.3, 0.4) is 0 Å². The summed E-state index contributed by atoms with van der Waals surface area (Å²) in [4.78, 5) is 18.3. The lowest BCUT2D eigenvalue weighted by atomic mass is 10.1. The largest absolute Gasteiger partial charge is 0.478 e. The fourth-order valence-corrected chi connectivity index (χ4v) is 1.61. The van der Waals surface area contributed by atoms with Crippen LogP contribution in [0, 0.1) is 0 Å². The molecule has 0 fully saturated rings. The zero-order valence-corrected chi connectivity index (χ0v) is 10.4. The summed E-state index contributed by atoms with van der Waals surface area (Å²) >= 11 is 0. The second-order valence-corrected chi connectivity index (χ2v) is 4.17. The normalized spacial score (nSPS) is 11.9. The van der Waals surface area contributed by atoms with E-state index in [4.69, 9.17) is 5.11 Å². The van der Waals surface area contributed by atoms with Crippen LogP contribution < -0.4 is 5.32 Å². The van der Waals surface area contributed by atoms with Crippen molar-refractivity contribution in [2.24, 2.45) is 0 Å². The van der Waals surface area contributed by atoms with Crippen molar-refractivity contribution in [1.82, 2.24) is 9.97 Å². The topological polar surface area (TPSA) is 75.1 Å². The predicted molar refractivity (Wildman–Crippen MR) is 65.9 cm³/mol. The first kappa shape index (κ1) is 14.9. The molecule has 0 spiro atoms. The van der Waals surface area contributed by atoms with Gasteiger partial charge in [0.05, 0.1) is 17.6 Å². The molecule has 5 nitrogen and oxygen atoms in total. The Morgan fingerprint density at radius 1 is 1.33 bits per heavy atom. The average molecular weight is 303 g/mol. The summed E-state index contributed by atoms with van der Waals surface area (Å²) in [6, 6.07) is 3.79. The number of carboxylic acids is 1. The molecule has 0 saturated carbocycles. The van der Waals surface area contributed by atoms with E-state index >= 15 is 0 Å². The molecule has 0 saturated heterocycles. The summed E-state index contributed by atoms with van der Waals surface area (Å²) in [5.74, 6) is -5.44. The van der Waals surface area contributed by atoms with Crippen LogP contribution in [-0.4, -0.2) is 39.9 Å². The molecule has 0 radical (unpaired) electrons. The van der Waals surface area contributed by atoms with Crippen molar-refractivity contribution in [3.05, 3.63) is 30.1 Å². The number of aromatic nitrogens is 2. The zero-order valence-electron chi connectivity index (χ0n) is 10.4. The van der Waals surface area contributed by atoms with E-state index in [0.29, 0.717) is 0 Å². The first-order valence-electron chi connectivity index (χ1n) is 5.69. The standard InChI is InChI=1S/C12H9F4N3O2/c13-11(14)12(15,16)4-17-9-7-2-1-6(10(20)21)3-8(7)18-5-19-9/h1-3,5,11H,4H2,(H,20,21)(H,17,18,19). The summed E-state index contributed by atoms with van der Waals surface area (Å²) in [6.07, 6.45) is -2.77. The Kier molecular flexibility index (Phi) is 3.92. The molecule has 0 amide bonds. The van der Waals surface area contributed by atoms with Gasteiger partial charge in [-0.05, 0) is 18.2 Å². The number of carbonyl (C=O) groups is 1. The van der Waals surface area contributed by atoms with Crippen molar-refractivity contribution in [1.29, 1.82) is 0 Å². The molecular weight excluding hydrogens is 294 g/mol. The number of aromatic carboxylic acids is 1. The van der Waals surface area contributed by atoms with Crippen LogP contribution in [-0.2, 0) is 0 Å². The monoisotopic (exact) mass is 303 g/mol. The van der Waals surface area contributed by atoms with Gasteiger partial charge >= 0.3 is 18.3 Å². The van der Waals surface area contributed by atoms with Crippen LogP contribution in [0.15, 0.2) is 24.5 Å². The second-order valence-electron chi connectivity index (χ2n) is 4.17. The van der Waals surface area contributed by atoms with E-state index in [-0.39, 0.29) is 22.3 Å². The van der Waals surface area contributed by atoms with Gasteiger partial charge in [0.25, 0.3) is 0 Å². The van der Waals surface area contributed by atoms with E-state index in [0.717, 1.165) is 6.33 Å². The van der Waals surface area contributed by atoms with Gasteiger partial charge in [-0.15, -0.1) is 0 Å². The molecule has 9 heteroatoms. The maximum absolute atomic E-state index is 12.9. The van der Waals surface area contributed by atoms with E-state index < -0.39 is 24.9 Å². The Hall–Kier alpha value is -2.45. The van der Waals surface area contributed by atoms with Crippen molar-refractivity contribution in [2.45, 2.75) is 12.3 Å². The van der Waals surface area contributed by atoms with Crippen molar-refractivity contribution in [3.63, 3.8) is 0 Å². The van der Waals surface area contributed by atoms with Gasteiger partial charge in [0, 0.05) is 5.39 Å². The number of halogens is 4. The van der Waals surface area contributed by atoms with Crippen LogP contribution in [0.1, 0.15) is 10.4 Å². The SMILES string of the molecule is O=C(O)c1ccc2c(NCC(F)(F)C(F)F)ncnc2c1. The minimum absolute atomic E-state index is 0.0370. The number of fused-ring (bicyclic) bond motifs is 1. The van der Waals surface area contributed by atoms with Gasteiger partial charge in [0.1, 0.15) is 12.1 Å².